The third-order valence-corrected chi connectivity index (χ3v) is 5.91. The Morgan fingerprint density at radius 2 is 2.14 bits per heavy atom. The normalized spacial score (nSPS) is 23.1. The zero-order valence-corrected chi connectivity index (χ0v) is 13.9. The summed E-state index contributed by atoms with van der Waals surface area (Å²) in [5, 5.41) is 3.34. The smallest absolute Gasteiger partial charge is 0.107 e. The van der Waals surface area contributed by atoms with E-state index in [1.807, 2.05) is 6.20 Å². The molecule has 0 aromatic carbocycles. The van der Waals surface area contributed by atoms with Crippen LogP contribution >= 0.6 is 11.3 Å². The van der Waals surface area contributed by atoms with Crippen molar-refractivity contribution >= 4 is 11.3 Å². The Morgan fingerprint density at radius 1 is 1.29 bits per heavy atom. The summed E-state index contributed by atoms with van der Waals surface area (Å²) >= 11 is 1.78. The van der Waals surface area contributed by atoms with Crippen molar-refractivity contribution in [3.05, 3.63) is 16.6 Å². The quantitative estimate of drug-likeness (QED) is 0.755. The molecule has 2 aliphatic heterocycles. The van der Waals surface area contributed by atoms with Gasteiger partial charge in [-0.05, 0) is 38.6 Å². The van der Waals surface area contributed by atoms with Crippen molar-refractivity contribution in [2.45, 2.75) is 44.2 Å². The third kappa shape index (κ3) is 3.65. The number of likely N-dealkylation sites (tertiary alicyclic amines) is 2. The van der Waals surface area contributed by atoms with Crippen molar-refractivity contribution in [2.24, 2.45) is 0 Å². The molecule has 21 heavy (non-hydrogen) atoms. The second-order valence-electron chi connectivity index (χ2n) is 6.36. The van der Waals surface area contributed by atoms with Crippen molar-refractivity contribution in [1.82, 2.24) is 14.8 Å². The van der Waals surface area contributed by atoms with Crippen molar-refractivity contribution < 1.29 is 4.74 Å². The predicted molar refractivity (Wildman–Crippen MR) is 86.7 cm³/mol. The molecule has 2 fully saturated rings. The Bertz CT molecular complexity index is 415. The number of rotatable bonds is 6. The lowest BCUT2D eigenvalue weighted by Crippen LogP contribution is -2.52. The number of ether oxygens (including phenoxy) is 1. The molecule has 4 nitrogen and oxygen atoms in total. The van der Waals surface area contributed by atoms with E-state index in [2.05, 4.69) is 20.2 Å². The molecule has 1 aromatic rings. The summed E-state index contributed by atoms with van der Waals surface area (Å²) < 4.78 is 5.21. The van der Waals surface area contributed by atoms with Crippen LogP contribution in [0.4, 0.5) is 0 Å². The summed E-state index contributed by atoms with van der Waals surface area (Å²) in [5.74, 6) is 0. The van der Waals surface area contributed by atoms with Gasteiger partial charge in [0, 0.05) is 50.5 Å². The molecule has 0 amide bonds. The Morgan fingerprint density at radius 3 is 2.86 bits per heavy atom. The largest absolute Gasteiger partial charge is 0.385 e. The summed E-state index contributed by atoms with van der Waals surface area (Å²) in [6.45, 7) is 6.87. The first-order valence-corrected chi connectivity index (χ1v) is 9.05. The van der Waals surface area contributed by atoms with Crippen LogP contribution in [0.5, 0.6) is 0 Å². The van der Waals surface area contributed by atoms with Gasteiger partial charge in [-0.25, -0.2) is 4.98 Å². The lowest BCUT2D eigenvalue weighted by atomic mass is 9.85. The Labute approximate surface area is 132 Å². The number of nitrogens with zero attached hydrogens (tertiary/aromatic N) is 3. The molecule has 2 saturated heterocycles. The number of piperidine rings is 1. The van der Waals surface area contributed by atoms with Gasteiger partial charge in [-0.3, -0.25) is 9.80 Å². The maximum Gasteiger partial charge on any atom is 0.107 e. The van der Waals surface area contributed by atoms with Crippen LogP contribution in [-0.2, 0) is 11.3 Å². The third-order valence-electron chi connectivity index (χ3n) is 5.15. The first-order valence-electron chi connectivity index (χ1n) is 8.17. The van der Waals surface area contributed by atoms with Gasteiger partial charge < -0.3 is 4.74 Å². The number of hydrogen-bond acceptors (Lipinski definition) is 5. The second-order valence-corrected chi connectivity index (χ2v) is 7.34. The zero-order valence-electron chi connectivity index (χ0n) is 13.1. The highest BCUT2D eigenvalue weighted by atomic mass is 32.1. The standard InChI is InChI=1S/C16H27N3OS/c1-20-12-3-9-19-8-2-4-16(19)5-10-18(11-6-16)14-15-17-7-13-21-15/h7,13H,2-6,8-12,14H2,1H3. The molecule has 1 spiro atoms. The zero-order chi connectivity index (χ0) is 14.5. The maximum atomic E-state index is 5.21. The van der Waals surface area contributed by atoms with Gasteiger partial charge in [0.25, 0.3) is 0 Å². The van der Waals surface area contributed by atoms with E-state index in [4.69, 9.17) is 4.74 Å². The molecule has 1 aromatic heterocycles. The van der Waals surface area contributed by atoms with Gasteiger partial charge in [0.15, 0.2) is 0 Å². The van der Waals surface area contributed by atoms with Gasteiger partial charge in [0.05, 0.1) is 6.54 Å². The lowest BCUT2D eigenvalue weighted by Gasteiger charge is -2.45. The Balaban J connectivity index is 1.51. The van der Waals surface area contributed by atoms with Crippen molar-refractivity contribution in [2.75, 3.05) is 39.9 Å². The minimum atomic E-state index is 0.493. The minimum absolute atomic E-state index is 0.493. The fourth-order valence-corrected chi connectivity index (χ4v) is 4.62. The molecule has 0 N–H and O–H groups in total. The van der Waals surface area contributed by atoms with Crippen molar-refractivity contribution in [3.63, 3.8) is 0 Å². The molecule has 3 heterocycles. The van der Waals surface area contributed by atoms with E-state index in [1.165, 1.54) is 63.3 Å². The van der Waals surface area contributed by atoms with Crippen LogP contribution in [0.15, 0.2) is 11.6 Å². The molecule has 2 aliphatic rings. The second kappa shape index (κ2) is 7.18. The SMILES string of the molecule is COCCCN1CCCC12CCN(Cc1nccs1)CC2. The fourth-order valence-electron chi connectivity index (χ4n) is 3.96. The summed E-state index contributed by atoms with van der Waals surface area (Å²) in [5.41, 5.74) is 0.493. The van der Waals surface area contributed by atoms with Crippen LogP contribution in [0.3, 0.4) is 0 Å². The van der Waals surface area contributed by atoms with Gasteiger partial charge in [-0.2, -0.15) is 0 Å². The van der Waals surface area contributed by atoms with E-state index in [9.17, 15) is 0 Å². The lowest BCUT2D eigenvalue weighted by molar-refractivity contribution is 0.0443. The number of thiazole rings is 1. The van der Waals surface area contributed by atoms with Crippen LogP contribution in [-0.4, -0.2) is 60.2 Å². The van der Waals surface area contributed by atoms with Gasteiger partial charge in [0.1, 0.15) is 5.01 Å². The first kappa shape index (κ1) is 15.4. The van der Waals surface area contributed by atoms with E-state index in [1.54, 1.807) is 18.4 Å². The summed E-state index contributed by atoms with van der Waals surface area (Å²) in [4.78, 5) is 9.75. The number of hydrogen-bond donors (Lipinski definition) is 0. The average Bonchev–Trinajstić information content (AvgIpc) is 3.13. The maximum absolute atomic E-state index is 5.21. The summed E-state index contributed by atoms with van der Waals surface area (Å²) in [6, 6.07) is 0. The van der Waals surface area contributed by atoms with Crippen LogP contribution in [0, 0.1) is 0 Å². The van der Waals surface area contributed by atoms with Crippen LogP contribution in [0.2, 0.25) is 0 Å². The van der Waals surface area contributed by atoms with Crippen LogP contribution in [0.25, 0.3) is 0 Å². The fraction of sp³-hybridized carbons (Fsp3) is 0.812. The molecule has 0 unspecified atom stereocenters. The molecule has 3 rings (SSSR count). The van der Waals surface area contributed by atoms with E-state index in [0.717, 1.165) is 13.2 Å². The Kier molecular flexibility index (Phi) is 5.27. The summed E-state index contributed by atoms with van der Waals surface area (Å²) in [6.07, 6.45) is 8.50. The highest BCUT2D eigenvalue weighted by Crippen LogP contribution is 2.38. The summed E-state index contributed by atoms with van der Waals surface area (Å²) in [7, 11) is 1.80. The van der Waals surface area contributed by atoms with Gasteiger partial charge in [-0.1, -0.05) is 0 Å². The highest BCUT2D eigenvalue weighted by Gasteiger charge is 2.42. The molecular weight excluding hydrogens is 282 g/mol. The van der Waals surface area contributed by atoms with Crippen molar-refractivity contribution in [1.29, 1.82) is 0 Å². The molecule has 5 heteroatoms. The molecule has 0 bridgehead atoms. The highest BCUT2D eigenvalue weighted by molar-refractivity contribution is 7.09. The topological polar surface area (TPSA) is 28.6 Å². The van der Waals surface area contributed by atoms with E-state index in [0.29, 0.717) is 5.54 Å². The van der Waals surface area contributed by atoms with Gasteiger partial charge in [-0.15, -0.1) is 11.3 Å². The molecule has 0 atom stereocenters. The average molecular weight is 309 g/mol. The first-order chi connectivity index (χ1) is 10.3. The molecule has 0 aliphatic carbocycles. The molecule has 118 valence electrons. The number of methoxy groups -OCH3 is 1. The molecular formula is C16H27N3OS. The van der Waals surface area contributed by atoms with Crippen LogP contribution in [0.1, 0.15) is 37.1 Å². The molecule has 0 saturated carbocycles. The monoisotopic (exact) mass is 309 g/mol. The van der Waals surface area contributed by atoms with E-state index in [-0.39, 0.29) is 0 Å². The minimum Gasteiger partial charge on any atom is -0.385 e. The predicted octanol–water partition coefficient (Wildman–Crippen LogP) is 2.61. The van der Waals surface area contributed by atoms with E-state index >= 15 is 0 Å². The Hall–Kier alpha value is -0.490. The molecule has 0 radical (unpaired) electrons. The van der Waals surface area contributed by atoms with Gasteiger partial charge >= 0.3 is 0 Å². The van der Waals surface area contributed by atoms with E-state index < -0.39 is 0 Å². The number of aromatic nitrogens is 1. The van der Waals surface area contributed by atoms with Crippen molar-refractivity contribution in [3.8, 4) is 0 Å². The van der Waals surface area contributed by atoms with Crippen LogP contribution < -0.4 is 0 Å². The van der Waals surface area contributed by atoms with Gasteiger partial charge in [0.2, 0.25) is 0 Å².